The summed E-state index contributed by atoms with van der Waals surface area (Å²) < 4.78 is 44.8. The number of benzene rings is 2. The summed E-state index contributed by atoms with van der Waals surface area (Å²) in [5.41, 5.74) is 8.90. The summed E-state index contributed by atoms with van der Waals surface area (Å²) in [5.74, 6) is -1.23. The molecule has 176 valence electrons. The number of nitrogens with two attached hydrogens (primary N) is 1. The van der Waals surface area contributed by atoms with Gasteiger partial charge in [-0.25, -0.2) is 9.38 Å². The lowest BCUT2D eigenvalue weighted by molar-refractivity contribution is 0.116. The lowest BCUT2D eigenvalue weighted by Gasteiger charge is -2.15. The average molecular weight is 469 g/mol. The molecule has 0 spiro atoms. The van der Waals surface area contributed by atoms with E-state index in [1.807, 2.05) is 12.1 Å². The number of halogens is 3. The molecule has 1 heterocycles. The molecule has 3 aromatic rings. The monoisotopic (exact) mass is 469 g/mol. The Balaban J connectivity index is 1.81. The molecule has 0 saturated carbocycles. The Morgan fingerprint density at radius 2 is 1.97 bits per heavy atom. The van der Waals surface area contributed by atoms with Gasteiger partial charge in [0, 0.05) is 23.4 Å². The molecule has 2 N–H and O–H groups in total. The highest BCUT2D eigenvalue weighted by Crippen LogP contribution is 2.26. The van der Waals surface area contributed by atoms with E-state index in [1.54, 1.807) is 26.0 Å². The highest BCUT2D eigenvalue weighted by Gasteiger charge is 2.18. The lowest BCUT2D eigenvalue weighted by atomic mass is 10.1. The SMILES string of the molecule is C=Cc1cc(/C(C)=N/N(Cc2ccc(-c3nnc(C(F)F)o3)cc2F)N=C)ccc1N=C(C)N. The van der Waals surface area contributed by atoms with Crippen LogP contribution >= 0.6 is 0 Å². The van der Waals surface area contributed by atoms with Gasteiger partial charge < -0.3 is 10.2 Å². The molecule has 0 bridgehead atoms. The molecule has 0 saturated heterocycles. The molecular weight excluding hydrogens is 447 g/mol. The third-order valence-electron chi connectivity index (χ3n) is 4.63. The smallest absolute Gasteiger partial charge is 0.314 e. The Hall–Kier alpha value is -4.28. The predicted molar refractivity (Wildman–Crippen MR) is 125 cm³/mol. The minimum absolute atomic E-state index is 0.0257. The van der Waals surface area contributed by atoms with Gasteiger partial charge in [-0.3, -0.25) is 0 Å². The van der Waals surface area contributed by atoms with Crippen LogP contribution in [-0.2, 0) is 6.54 Å². The van der Waals surface area contributed by atoms with Crippen molar-refractivity contribution in [2.24, 2.45) is 20.9 Å². The van der Waals surface area contributed by atoms with Gasteiger partial charge in [0.05, 0.1) is 23.8 Å². The first-order valence-electron chi connectivity index (χ1n) is 9.99. The normalized spacial score (nSPS) is 12.2. The Morgan fingerprint density at radius 1 is 1.21 bits per heavy atom. The molecule has 11 heteroatoms. The molecule has 0 radical (unpaired) electrons. The fraction of sp³-hybridized carbons (Fsp3) is 0.174. The topological polar surface area (TPSA) is 105 Å². The molecule has 0 aliphatic rings. The first-order valence-corrected chi connectivity index (χ1v) is 9.99. The molecule has 0 unspecified atom stereocenters. The van der Waals surface area contributed by atoms with E-state index >= 15 is 0 Å². The molecule has 2 aromatic carbocycles. The van der Waals surface area contributed by atoms with E-state index < -0.39 is 18.1 Å². The largest absolute Gasteiger partial charge is 0.415 e. The maximum absolute atomic E-state index is 14.7. The van der Waals surface area contributed by atoms with Crippen molar-refractivity contribution in [2.75, 3.05) is 0 Å². The van der Waals surface area contributed by atoms with Crippen molar-refractivity contribution in [3.8, 4) is 11.5 Å². The molecule has 1 aromatic heterocycles. The molecule has 34 heavy (non-hydrogen) atoms. The molecule has 0 atom stereocenters. The Labute approximate surface area is 194 Å². The number of aromatic nitrogens is 2. The Bertz CT molecular complexity index is 1260. The van der Waals surface area contributed by atoms with E-state index in [0.29, 0.717) is 17.2 Å². The number of aliphatic imine (C=N–C) groups is 1. The van der Waals surface area contributed by atoms with Gasteiger partial charge in [0.25, 0.3) is 5.89 Å². The standard InChI is InChI=1S/C23H22F3N7O/c1-5-15-10-16(8-9-20(15)29-14(3)27)13(2)32-33(28-4)12-18-7-6-17(11-19(18)24)22-30-31-23(34-22)21(25)26/h5-11,21H,1,4,12H2,2-3H3,(H2,27,29)/b32-13+. The quantitative estimate of drug-likeness (QED) is 0.260. The number of amidine groups is 1. The van der Waals surface area contributed by atoms with Gasteiger partial charge in [0.1, 0.15) is 5.82 Å². The van der Waals surface area contributed by atoms with Crippen LogP contribution in [0.3, 0.4) is 0 Å². The average Bonchev–Trinajstić information content (AvgIpc) is 3.30. The zero-order valence-electron chi connectivity index (χ0n) is 18.5. The molecule has 3 rings (SSSR count). The summed E-state index contributed by atoms with van der Waals surface area (Å²) in [6.07, 6.45) is -1.25. The van der Waals surface area contributed by atoms with E-state index in [2.05, 4.69) is 38.7 Å². The summed E-state index contributed by atoms with van der Waals surface area (Å²) in [6, 6.07) is 9.52. The predicted octanol–water partition coefficient (Wildman–Crippen LogP) is 5.31. The van der Waals surface area contributed by atoms with Gasteiger partial charge in [0.2, 0.25) is 5.89 Å². The van der Waals surface area contributed by atoms with Crippen LogP contribution in [0, 0.1) is 5.82 Å². The van der Waals surface area contributed by atoms with E-state index in [1.165, 1.54) is 17.3 Å². The molecule has 0 aliphatic heterocycles. The van der Waals surface area contributed by atoms with Crippen molar-refractivity contribution in [1.29, 1.82) is 0 Å². The van der Waals surface area contributed by atoms with Crippen LogP contribution in [0.4, 0.5) is 18.9 Å². The van der Waals surface area contributed by atoms with Crippen LogP contribution in [0.1, 0.15) is 42.9 Å². The number of hydrogen-bond donors (Lipinski definition) is 1. The van der Waals surface area contributed by atoms with Crippen molar-refractivity contribution in [1.82, 2.24) is 15.3 Å². The maximum atomic E-state index is 14.7. The number of nitrogens with zero attached hydrogens (tertiary/aromatic N) is 6. The highest BCUT2D eigenvalue weighted by molar-refractivity contribution is 5.99. The molecule has 8 nitrogen and oxygen atoms in total. The zero-order valence-corrected chi connectivity index (χ0v) is 18.5. The molecule has 0 aliphatic carbocycles. The number of rotatable bonds is 9. The third-order valence-corrected chi connectivity index (χ3v) is 4.63. The van der Waals surface area contributed by atoms with Crippen molar-refractivity contribution < 1.29 is 17.6 Å². The maximum Gasteiger partial charge on any atom is 0.314 e. The van der Waals surface area contributed by atoms with Crippen LogP contribution in [0.15, 0.2) is 62.6 Å². The number of alkyl halides is 2. The minimum atomic E-state index is -2.91. The van der Waals surface area contributed by atoms with Crippen LogP contribution in [0.25, 0.3) is 17.5 Å². The van der Waals surface area contributed by atoms with Gasteiger partial charge in [-0.05, 0) is 43.7 Å². The fourth-order valence-electron chi connectivity index (χ4n) is 2.98. The number of hydrogen-bond acceptors (Lipinski definition) is 7. The van der Waals surface area contributed by atoms with Crippen molar-refractivity contribution >= 4 is 30.0 Å². The summed E-state index contributed by atoms with van der Waals surface area (Å²) >= 11 is 0. The zero-order chi connectivity index (χ0) is 24.8. The second-order valence-electron chi connectivity index (χ2n) is 7.14. The highest BCUT2D eigenvalue weighted by atomic mass is 19.3. The Morgan fingerprint density at radius 3 is 2.56 bits per heavy atom. The first-order chi connectivity index (χ1) is 16.2. The molecule has 0 fully saturated rings. The van der Waals surface area contributed by atoms with Gasteiger partial charge in [-0.2, -0.15) is 24.1 Å². The second-order valence-corrected chi connectivity index (χ2v) is 7.14. The molecular formula is C23H22F3N7O. The molecule has 0 amide bonds. The minimum Gasteiger partial charge on any atom is -0.415 e. The summed E-state index contributed by atoms with van der Waals surface area (Å²) in [4.78, 5) is 4.26. The van der Waals surface area contributed by atoms with E-state index in [4.69, 9.17) is 10.2 Å². The van der Waals surface area contributed by atoms with Crippen molar-refractivity contribution in [3.05, 3.63) is 71.4 Å². The fourth-order valence-corrected chi connectivity index (χ4v) is 2.98. The number of hydrazone groups is 2. The summed E-state index contributed by atoms with van der Waals surface area (Å²) in [6.45, 7) is 10.7. The van der Waals surface area contributed by atoms with E-state index in [9.17, 15) is 13.2 Å². The Kier molecular flexibility index (Phi) is 7.57. The van der Waals surface area contributed by atoms with Gasteiger partial charge in [-0.15, -0.1) is 10.2 Å². The van der Waals surface area contributed by atoms with Gasteiger partial charge in [-0.1, -0.05) is 24.8 Å². The van der Waals surface area contributed by atoms with Crippen LogP contribution in [0.5, 0.6) is 0 Å². The van der Waals surface area contributed by atoms with E-state index in [0.717, 1.165) is 17.2 Å². The third kappa shape index (κ3) is 5.74. The lowest BCUT2D eigenvalue weighted by Crippen LogP contribution is -2.13. The van der Waals surface area contributed by atoms with Crippen LogP contribution in [-0.4, -0.2) is 33.6 Å². The van der Waals surface area contributed by atoms with Crippen molar-refractivity contribution in [3.63, 3.8) is 0 Å². The van der Waals surface area contributed by atoms with Gasteiger partial charge in [0.15, 0.2) is 0 Å². The van der Waals surface area contributed by atoms with Crippen LogP contribution in [0.2, 0.25) is 0 Å². The first kappa shape index (κ1) is 24.4. The van der Waals surface area contributed by atoms with Crippen LogP contribution < -0.4 is 5.73 Å². The van der Waals surface area contributed by atoms with Crippen molar-refractivity contribution in [2.45, 2.75) is 26.8 Å². The second kappa shape index (κ2) is 10.6. The van der Waals surface area contributed by atoms with E-state index in [-0.39, 0.29) is 23.6 Å². The summed E-state index contributed by atoms with van der Waals surface area (Å²) in [7, 11) is 0. The van der Waals surface area contributed by atoms with Gasteiger partial charge >= 0.3 is 6.43 Å². The summed E-state index contributed by atoms with van der Waals surface area (Å²) in [5, 5.41) is 16.2.